The summed E-state index contributed by atoms with van der Waals surface area (Å²) in [5.74, 6) is 0.596. The lowest BCUT2D eigenvalue weighted by molar-refractivity contribution is -0.122. The Balaban J connectivity index is 1.28. The van der Waals surface area contributed by atoms with Crippen LogP contribution in [-0.4, -0.2) is 28.9 Å². The van der Waals surface area contributed by atoms with Crippen LogP contribution >= 0.6 is 11.3 Å². The first-order valence-electron chi connectivity index (χ1n) is 11.4. The normalized spacial score (nSPS) is 17.8. The smallest absolute Gasteiger partial charge is 0.271 e. The molecule has 1 heterocycles. The van der Waals surface area contributed by atoms with Crippen molar-refractivity contribution in [3.63, 3.8) is 0 Å². The van der Waals surface area contributed by atoms with Gasteiger partial charge in [0.2, 0.25) is 5.91 Å². The van der Waals surface area contributed by atoms with Crippen LogP contribution in [0.5, 0.6) is 5.75 Å². The van der Waals surface area contributed by atoms with E-state index in [2.05, 4.69) is 15.6 Å². The molecule has 0 bridgehead atoms. The number of carbonyl (C=O) groups excluding carboxylic acids is 2. The lowest BCUT2D eigenvalue weighted by atomic mass is 9.90. The molecule has 3 aromatic rings. The van der Waals surface area contributed by atoms with E-state index in [1.54, 1.807) is 5.38 Å². The molecule has 33 heavy (non-hydrogen) atoms. The number of nitrogens with one attached hydrogen (secondary N) is 2. The number of thiazole rings is 1. The summed E-state index contributed by atoms with van der Waals surface area (Å²) < 4.78 is 5.72. The van der Waals surface area contributed by atoms with Crippen LogP contribution in [0.4, 0.5) is 0 Å². The van der Waals surface area contributed by atoms with Crippen molar-refractivity contribution < 1.29 is 14.3 Å². The fourth-order valence-electron chi connectivity index (χ4n) is 4.04. The summed E-state index contributed by atoms with van der Waals surface area (Å²) in [4.78, 5) is 29.8. The molecule has 1 fully saturated rings. The predicted octanol–water partition coefficient (Wildman–Crippen LogP) is 4.51. The first-order chi connectivity index (χ1) is 16.2. The maximum absolute atomic E-state index is 12.8. The van der Waals surface area contributed by atoms with Crippen LogP contribution < -0.4 is 15.4 Å². The number of aryl methyl sites for hydroxylation is 1. The minimum atomic E-state index is -0.201. The van der Waals surface area contributed by atoms with Crippen molar-refractivity contribution in [3.8, 4) is 5.75 Å². The summed E-state index contributed by atoms with van der Waals surface area (Å²) in [7, 11) is 0. The van der Waals surface area contributed by atoms with Crippen molar-refractivity contribution in [3.05, 3.63) is 82.3 Å². The molecule has 1 aliphatic carbocycles. The summed E-state index contributed by atoms with van der Waals surface area (Å²) in [5, 5.41) is 8.76. The molecule has 2 aromatic carbocycles. The third-order valence-corrected chi connectivity index (χ3v) is 6.62. The minimum absolute atomic E-state index is 0.0269. The molecule has 0 radical (unpaired) electrons. The standard InChI is InChI=1S/C26H29N3O3S/c30-24(16-15-19-9-3-1-4-10-19)27-21-13-7-8-14-22(21)29-26(31)23-18-33-25(28-23)17-32-20-11-5-2-6-12-20/h1-6,9-12,18,21-22H,7-8,13-17H2,(H,27,30)(H,29,31)/t21-,22+/m0/s1. The van der Waals surface area contributed by atoms with E-state index in [1.165, 1.54) is 11.3 Å². The van der Waals surface area contributed by atoms with E-state index in [1.807, 2.05) is 60.7 Å². The molecule has 1 aliphatic rings. The number of aromatic nitrogens is 1. The average Bonchev–Trinajstić information content (AvgIpc) is 3.33. The van der Waals surface area contributed by atoms with Gasteiger partial charge in [0.25, 0.3) is 5.91 Å². The van der Waals surface area contributed by atoms with Crippen molar-refractivity contribution in [2.24, 2.45) is 0 Å². The third-order valence-electron chi connectivity index (χ3n) is 5.80. The molecule has 0 spiro atoms. The number of amides is 2. The molecule has 0 unspecified atom stereocenters. The Morgan fingerprint density at radius 2 is 1.61 bits per heavy atom. The third kappa shape index (κ3) is 6.89. The molecular formula is C26H29N3O3S. The van der Waals surface area contributed by atoms with Gasteiger partial charge in [-0.2, -0.15) is 0 Å². The molecule has 4 rings (SSSR count). The number of benzene rings is 2. The van der Waals surface area contributed by atoms with E-state index >= 15 is 0 Å². The number of nitrogens with zero attached hydrogens (tertiary/aromatic N) is 1. The predicted molar refractivity (Wildman–Crippen MR) is 129 cm³/mol. The van der Waals surface area contributed by atoms with Crippen LogP contribution in [0.1, 0.15) is 53.2 Å². The second-order valence-corrected chi connectivity index (χ2v) is 9.19. The minimum Gasteiger partial charge on any atom is -0.486 e. The van der Waals surface area contributed by atoms with Crippen LogP contribution in [0.2, 0.25) is 0 Å². The summed E-state index contributed by atoms with van der Waals surface area (Å²) >= 11 is 1.41. The first-order valence-corrected chi connectivity index (χ1v) is 12.3. The van der Waals surface area contributed by atoms with Gasteiger partial charge in [0.05, 0.1) is 0 Å². The Bertz CT molecular complexity index is 1040. The van der Waals surface area contributed by atoms with E-state index in [-0.39, 0.29) is 23.9 Å². The van der Waals surface area contributed by atoms with E-state index in [4.69, 9.17) is 4.74 Å². The van der Waals surface area contributed by atoms with E-state index in [0.29, 0.717) is 25.1 Å². The second-order valence-electron chi connectivity index (χ2n) is 8.25. The molecule has 0 saturated heterocycles. The van der Waals surface area contributed by atoms with Gasteiger partial charge in [-0.25, -0.2) is 4.98 Å². The van der Waals surface area contributed by atoms with Crippen LogP contribution in [0.25, 0.3) is 0 Å². The molecule has 2 N–H and O–H groups in total. The van der Waals surface area contributed by atoms with Crippen molar-refractivity contribution in [1.82, 2.24) is 15.6 Å². The second kappa shape index (κ2) is 11.6. The largest absolute Gasteiger partial charge is 0.486 e. The molecule has 2 atom stereocenters. The summed E-state index contributed by atoms with van der Waals surface area (Å²) in [6.07, 6.45) is 4.96. The zero-order valence-electron chi connectivity index (χ0n) is 18.5. The van der Waals surface area contributed by atoms with Gasteiger partial charge in [-0.05, 0) is 37.0 Å². The molecule has 6 nitrogen and oxygen atoms in total. The Morgan fingerprint density at radius 3 is 2.33 bits per heavy atom. The van der Waals surface area contributed by atoms with Gasteiger partial charge in [-0.1, -0.05) is 61.4 Å². The first kappa shape index (κ1) is 23.0. The molecule has 0 aliphatic heterocycles. The highest BCUT2D eigenvalue weighted by Gasteiger charge is 2.28. The van der Waals surface area contributed by atoms with Gasteiger partial charge in [-0.15, -0.1) is 11.3 Å². The number of para-hydroxylation sites is 1. The summed E-state index contributed by atoms with van der Waals surface area (Å²) in [6.45, 7) is 0.325. The van der Waals surface area contributed by atoms with Crippen molar-refractivity contribution in [1.29, 1.82) is 0 Å². The Morgan fingerprint density at radius 1 is 0.939 bits per heavy atom. The van der Waals surface area contributed by atoms with Crippen LogP contribution in [0, 0.1) is 0 Å². The lowest BCUT2D eigenvalue weighted by Crippen LogP contribution is -2.53. The van der Waals surface area contributed by atoms with Crippen molar-refractivity contribution >= 4 is 23.2 Å². The zero-order chi connectivity index (χ0) is 22.9. The quantitative estimate of drug-likeness (QED) is 0.489. The van der Waals surface area contributed by atoms with Gasteiger partial charge in [0.1, 0.15) is 23.1 Å². The monoisotopic (exact) mass is 463 g/mol. The van der Waals surface area contributed by atoms with Crippen molar-refractivity contribution in [2.75, 3.05) is 0 Å². The van der Waals surface area contributed by atoms with Gasteiger partial charge in [0.15, 0.2) is 0 Å². The van der Waals surface area contributed by atoms with E-state index in [9.17, 15) is 9.59 Å². The highest BCUT2D eigenvalue weighted by Crippen LogP contribution is 2.20. The van der Waals surface area contributed by atoms with Crippen LogP contribution in [-0.2, 0) is 17.8 Å². The molecule has 1 saturated carbocycles. The number of carbonyl (C=O) groups is 2. The number of hydrogen-bond donors (Lipinski definition) is 2. The fourth-order valence-corrected chi connectivity index (χ4v) is 4.73. The van der Waals surface area contributed by atoms with E-state index < -0.39 is 0 Å². The van der Waals surface area contributed by atoms with Gasteiger partial charge in [0, 0.05) is 23.9 Å². The molecular weight excluding hydrogens is 434 g/mol. The highest BCUT2D eigenvalue weighted by atomic mass is 32.1. The average molecular weight is 464 g/mol. The Hall–Kier alpha value is -3.19. The zero-order valence-corrected chi connectivity index (χ0v) is 19.4. The fraction of sp³-hybridized carbons (Fsp3) is 0.346. The lowest BCUT2D eigenvalue weighted by Gasteiger charge is -2.32. The van der Waals surface area contributed by atoms with Crippen molar-refractivity contribution in [2.45, 2.75) is 57.2 Å². The van der Waals surface area contributed by atoms with Crippen LogP contribution in [0.3, 0.4) is 0 Å². The van der Waals surface area contributed by atoms with Gasteiger partial charge >= 0.3 is 0 Å². The van der Waals surface area contributed by atoms with Gasteiger partial charge < -0.3 is 15.4 Å². The summed E-state index contributed by atoms with van der Waals surface area (Å²) in [5.41, 5.74) is 1.54. The molecule has 7 heteroatoms. The Labute approximate surface area is 198 Å². The molecule has 1 aromatic heterocycles. The number of rotatable bonds is 9. The summed E-state index contributed by atoms with van der Waals surface area (Å²) in [6, 6.07) is 19.4. The van der Waals surface area contributed by atoms with E-state index in [0.717, 1.165) is 42.0 Å². The maximum atomic E-state index is 12.8. The van der Waals surface area contributed by atoms with Gasteiger partial charge in [-0.3, -0.25) is 9.59 Å². The maximum Gasteiger partial charge on any atom is 0.271 e. The number of hydrogen-bond acceptors (Lipinski definition) is 5. The molecule has 2 amide bonds. The highest BCUT2D eigenvalue weighted by molar-refractivity contribution is 7.09. The molecule has 172 valence electrons. The van der Waals surface area contributed by atoms with Crippen LogP contribution in [0.15, 0.2) is 66.0 Å². The number of ether oxygens (including phenoxy) is 1. The SMILES string of the molecule is O=C(CCc1ccccc1)N[C@H]1CCCC[C@H]1NC(=O)c1csc(COc2ccccc2)n1. The topological polar surface area (TPSA) is 80.3 Å². The Kier molecular flexibility index (Phi) is 8.09.